The highest BCUT2D eigenvalue weighted by Gasteiger charge is 2.77. The molecule has 2 aliphatic heterocycles. The lowest BCUT2D eigenvalue weighted by Gasteiger charge is -2.48. The third kappa shape index (κ3) is 2.23. The Kier molecular flexibility index (Phi) is 4.18. The SMILES string of the molecule is C=C1C2(C)c3cc(C(C)(C)C)ccc3N3C4=C(N(C)C3C12C)C(C)(CC)CCC4(C)CC. The summed E-state index contributed by atoms with van der Waals surface area (Å²) < 4.78 is 0. The van der Waals surface area contributed by atoms with Crippen LogP contribution >= 0.6 is 0 Å². The lowest BCUT2D eigenvalue weighted by molar-refractivity contribution is 0.154. The Balaban J connectivity index is 1.83. The van der Waals surface area contributed by atoms with Crippen molar-refractivity contribution >= 4 is 5.69 Å². The van der Waals surface area contributed by atoms with Crippen molar-refractivity contribution in [2.24, 2.45) is 16.2 Å². The second kappa shape index (κ2) is 6.05. The average Bonchev–Trinajstić information content (AvgIpc) is 3.03. The molecular formula is C30H44N2. The third-order valence-corrected chi connectivity index (χ3v) is 10.7. The van der Waals surface area contributed by atoms with E-state index in [4.69, 9.17) is 6.58 Å². The van der Waals surface area contributed by atoms with Crippen LogP contribution in [0.15, 0.2) is 41.7 Å². The maximum absolute atomic E-state index is 4.70. The van der Waals surface area contributed by atoms with Crippen LogP contribution in [0.3, 0.4) is 0 Å². The molecule has 0 N–H and O–H groups in total. The number of rotatable bonds is 2. The zero-order valence-electron chi connectivity index (χ0n) is 22.2. The standard InChI is InChI=1S/C30H44N2/c1-12-27(7)16-17-28(8,13-2)24-23(27)31(11)25-30(10)19(3)29(30,9)21-18-20(26(4,5)6)14-15-22(21)32(24)25/h14-15,18,25H,3,12-13,16-17H2,1-2,4-11H3. The van der Waals surface area contributed by atoms with E-state index in [-0.39, 0.29) is 27.1 Å². The lowest BCUT2D eigenvalue weighted by atomic mass is 9.64. The van der Waals surface area contributed by atoms with Gasteiger partial charge in [0.15, 0.2) is 0 Å². The molecule has 2 heteroatoms. The number of benzene rings is 1. The summed E-state index contributed by atoms with van der Waals surface area (Å²) in [6, 6.07) is 7.35. The molecular weight excluding hydrogens is 388 g/mol. The molecule has 1 saturated carbocycles. The molecule has 2 heterocycles. The summed E-state index contributed by atoms with van der Waals surface area (Å²) in [6.07, 6.45) is 5.26. The predicted octanol–water partition coefficient (Wildman–Crippen LogP) is 7.75. The van der Waals surface area contributed by atoms with Gasteiger partial charge in [0.2, 0.25) is 0 Å². The van der Waals surface area contributed by atoms with E-state index >= 15 is 0 Å². The third-order valence-electron chi connectivity index (χ3n) is 10.7. The van der Waals surface area contributed by atoms with E-state index in [0.717, 1.165) is 0 Å². The van der Waals surface area contributed by atoms with Crippen molar-refractivity contribution in [1.82, 2.24) is 4.90 Å². The Morgan fingerprint density at radius 2 is 1.53 bits per heavy atom. The van der Waals surface area contributed by atoms with E-state index in [0.29, 0.717) is 6.17 Å². The maximum atomic E-state index is 4.70. The Bertz CT molecular complexity index is 1060. The van der Waals surface area contributed by atoms with Crippen LogP contribution in [0.1, 0.15) is 99.1 Å². The smallest absolute Gasteiger partial charge is 0.116 e. The minimum atomic E-state index is 0.0405. The monoisotopic (exact) mass is 432 g/mol. The first-order chi connectivity index (χ1) is 14.7. The van der Waals surface area contributed by atoms with Crippen LogP contribution in [0.5, 0.6) is 0 Å². The van der Waals surface area contributed by atoms with E-state index < -0.39 is 0 Å². The van der Waals surface area contributed by atoms with Crippen molar-refractivity contribution in [3.63, 3.8) is 0 Å². The predicted molar refractivity (Wildman–Crippen MR) is 137 cm³/mol. The molecule has 0 radical (unpaired) electrons. The molecule has 0 aromatic heterocycles. The zero-order chi connectivity index (χ0) is 23.6. The first-order valence-electron chi connectivity index (χ1n) is 12.8. The molecule has 0 spiro atoms. The normalized spacial score (nSPS) is 40.2. The number of hydrogen-bond acceptors (Lipinski definition) is 2. The molecule has 5 rings (SSSR count). The summed E-state index contributed by atoms with van der Waals surface area (Å²) in [5.41, 5.74) is 9.69. The fraction of sp³-hybridized carbons (Fsp3) is 0.667. The van der Waals surface area contributed by atoms with Gasteiger partial charge in [-0.25, -0.2) is 0 Å². The van der Waals surface area contributed by atoms with Crippen molar-refractivity contribution < 1.29 is 0 Å². The topological polar surface area (TPSA) is 6.48 Å². The number of anilines is 1. The van der Waals surface area contributed by atoms with Gasteiger partial charge in [0.25, 0.3) is 0 Å². The quantitative estimate of drug-likeness (QED) is 0.441. The van der Waals surface area contributed by atoms with Crippen LogP contribution in [-0.2, 0) is 10.8 Å². The lowest BCUT2D eigenvalue weighted by Crippen LogP contribution is -2.51. The molecule has 2 aliphatic carbocycles. The Labute approximate surface area is 196 Å². The molecule has 174 valence electrons. The summed E-state index contributed by atoms with van der Waals surface area (Å²) >= 11 is 0. The molecule has 1 aromatic carbocycles. The molecule has 0 amide bonds. The van der Waals surface area contributed by atoms with Gasteiger partial charge in [-0.3, -0.25) is 0 Å². The Morgan fingerprint density at radius 1 is 0.969 bits per heavy atom. The van der Waals surface area contributed by atoms with Crippen LogP contribution < -0.4 is 4.90 Å². The highest BCUT2D eigenvalue weighted by molar-refractivity contribution is 5.78. The number of nitrogens with zero attached hydrogens (tertiary/aromatic N) is 2. The molecule has 0 bridgehead atoms. The summed E-state index contributed by atoms with van der Waals surface area (Å²) in [6.45, 7) is 26.4. The average molecular weight is 433 g/mol. The molecule has 0 saturated heterocycles. The summed E-state index contributed by atoms with van der Waals surface area (Å²) in [4.78, 5) is 5.47. The largest absolute Gasteiger partial charge is 0.355 e. The minimum Gasteiger partial charge on any atom is -0.355 e. The molecule has 2 nitrogen and oxygen atoms in total. The van der Waals surface area contributed by atoms with Gasteiger partial charge in [0.1, 0.15) is 6.17 Å². The summed E-state index contributed by atoms with van der Waals surface area (Å²) in [5, 5.41) is 0. The number of fused-ring (bicyclic) bond motifs is 7. The summed E-state index contributed by atoms with van der Waals surface area (Å²) in [7, 11) is 2.38. The van der Waals surface area contributed by atoms with Crippen LogP contribution in [-0.4, -0.2) is 18.1 Å². The van der Waals surface area contributed by atoms with E-state index in [1.807, 2.05) is 0 Å². The van der Waals surface area contributed by atoms with Crippen molar-refractivity contribution in [2.75, 3.05) is 11.9 Å². The Morgan fingerprint density at radius 3 is 2.06 bits per heavy atom. The van der Waals surface area contributed by atoms with E-state index in [9.17, 15) is 0 Å². The van der Waals surface area contributed by atoms with Gasteiger partial charge in [0.05, 0.1) is 0 Å². The van der Waals surface area contributed by atoms with Gasteiger partial charge in [-0.15, -0.1) is 0 Å². The first-order valence-corrected chi connectivity index (χ1v) is 12.8. The second-order valence-corrected chi connectivity index (χ2v) is 13.2. The van der Waals surface area contributed by atoms with Gasteiger partial charge in [-0.05, 0) is 48.3 Å². The zero-order valence-corrected chi connectivity index (χ0v) is 22.2. The van der Waals surface area contributed by atoms with Gasteiger partial charge in [0, 0.05) is 45.8 Å². The minimum absolute atomic E-state index is 0.0405. The first kappa shape index (κ1) is 22.1. The van der Waals surface area contributed by atoms with Crippen LogP contribution in [0.2, 0.25) is 0 Å². The van der Waals surface area contributed by atoms with Crippen molar-refractivity contribution in [3.05, 3.63) is 52.9 Å². The molecule has 4 aliphatic rings. The van der Waals surface area contributed by atoms with Gasteiger partial charge >= 0.3 is 0 Å². The van der Waals surface area contributed by atoms with Crippen molar-refractivity contribution in [1.29, 1.82) is 0 Å². The second-order valence-electron chi connectivity index (χ2n) is 13.2. The number of allylic oxidation sites excluding steroid dienone is 2. The molecule has 1 fully saturated rings. The Hall–Kier alpha value is -1.70. The fourth-order valence-electron chi connectivity index (χ4n) is 7.64. The van der Waals surface area contributed by atoms with Gasteiger partial charge in [-0.2, -0.15) is 0 Å². The van der Waals surface area contributed by atoms with Crippen molar-refractivity contribution in [2.45, 2.75) is 105 Å². The van der Waals surface area contributed by atoms with Gasteiger partial charge < -0.3 is 9.80 Å². The van der Waals surface area contributed by atoms with Crippen LogP contribution in [0.4, 0.5) is 5.69 Å². The van der Waals surface area contributed by atoms with Crippen molar-refractivity contribution in [3.8, 4) is 0 Å². The van der Waals surface area contributed by atoms with E-state index in [1.165, 1.54) is 48.1 Å². The highest BCUT2D eigenvalue weighted by atomic mass is 15.5. The number of hydrogen-bond donors (Lipinski definition) is 0. The molecule has 1 aromatic rings. The molecule has 5 atom stereocenters. The fourth-order valence-corrected chi connectivity index (χ4v) is 7.64. The van der Waals surface area contributed by atoms with Gasteiger partial charge in [-0.1, -0.05) is 86.6 Å². The highest BCUT2D eigenvalue weighted by Crippen LogP contribution is 2.78. The molecule has 5 unspecified atom stereocenters. The van der Waals surface area contributed by atoms with E-state index in [1.54, 1.807) is 11.4 Å². The van der Waals surface area contributed by atoms with Crippen LogP contribution in [0.25, 0.3) is 0 Å². The van der Waals surface area contributed by atoms with Crippen LogP contribution in [0, 0.1) is 16.2 Å². The maximum Gasteiger partial charge on any atom is 0.116 e. The molecule has 32 heavy (non-hydrogen) atoms. The summed E-state index contributed by atoms with van der Waals surface area (Å²) in [5.74, 6) is 0. The van der Waals surface area contributed by atoms with E-state index in [2.05, 4.69) is 97.4 Å².